The standard InChI is InChI=1S/C16H19N3O/c17-8-10-19(13-14-5-2-1-3-6-14)16(20)11-15-7-4-9-18-12-15/h1-7,9,12H,8,10-11,13,17H2. The fourth-order valence-corrected chi connectivity index (χ4v) is 2.04. The molecule has 2 N–H and O–H groups in total. The molecule has 4 heteroatoms. The van der Waals surface area contributed by atoms with Gasteiger partial charge in [-0.3, -0.25) is 9.78 Å². The van der Waals surface area contributed by atoms with Crippen LogP contribution in [0, 0.1) is 0 Å². The average molecular weight is 269 g/mol. The highest BCUT2D eigenvalue weighted by atomic mass is 16.2. The van der Waals surface area contributed by atoms with E-state index in [9.17, 15) is 4.79 Å². The lowest BCUT2D eigenvalue weighted by Gasteiger charge is -2.22. The van der Waals surface area contributed by atoms with Gasteiger partial charge >= 0.3 is 0 Å². The summed E-state index contributed by atoms with van der Waals surface area (Å²) in [4.78, 5) is 18.2. The van der Waals surface area contributed by atoms with Crippen LogP contribution in [0.2, 0.25) is 0 Å². The molecule has 0 bridgehead atoms. The van der Waals surface area contributed by atoms with Crippen LogP contribution in [0.4, 0.5) is 0 Å². The van der Waals surface area contributed by atoms with Crippen molar-refractivity contribution < 1.29 is 4.79 Å². The summed E-state index contributed by atoms with van der Waals surface area (Å²) < 4.78 is 0. The first-order chi connectivity index (χ1) is 9.79. The molecule has 0 aliphatic rings. The van der Waals surface area contributed by atoms with E-state index in [0.29, 0.717) is 26.1 Å². The van der Waals surface area contributed by atoms with Gasteiger partial charge in [-0.25, -0.2) is 0 Å². The molecule has 0 radical (unpaired) electrons. The summed E-state index contributed by atoms with van der Waals surface area (Å²) in [6.07, 6.45) is 3.79. The van der Waals surface area contributed by atoms with E-state index in [1.807, 2.05) is 42.5 Å². The molecule has 0 unspecified atom stereocenters. The Kier molecular flexibility index (Phi) is 5.26. The molecule has 0 aliphatic heterocycles. The monoisotopic (exact) mass is 269 g/mol. The van der Waals surface area contributed by atoms with E-state index in [1.165, 1.54) is 0 Å². The Morgan fingerprint density at radius 1 is 1.10 bits per heavy atom. The Labute approximate surface area is 119 Å². The van der Waals surface area contributed by atoms with Crippen molar-refractivity contribution >= 4 is 5.91 Å². The van der Waals surface area contributed by atoms with E-state index in [2.05, 4.69) is 4.98 Å². The van der Waals surface area contributed by atoms with Gasteiger partial charge in [0.15, 0.2) is 0 Å². The predicted molar refractivity (Wildman–Crippen MR) is 78.9 cm³/mol. The lowest BCUT2D eigenvalue weighted by molar-refractivity contribution is -0.131. The SMILES string of the molecule is NCCN(Cc1ccccc1)C(=O)Cc1cccnc1. The van der Waals surface area contributed by atoms with Gasteiger partial charge in [0.05, 0.1) is 6.42 Å². The third-order valence-corrected chi connectivity index (χ3v) is 3.05. The van der Waals surface area contributed by atoms with Crippen molar-refractivity contribution in [1.29, 1.82) is 0 Å². The molecule has 0 spiro atoms. The summed E-state index contributed by atoms with van der Waals surface area (Å²) in [5.74, 6) is 0.0762. The van der Waals surface area contributed by atoms with Crippen molar-refractivity contribution in [2.75, 3.05) is 13.1 Å². The Hall–Kier alpha value is -2.20. The maximum atomic E-state index is 12.3. The van der Waals surface area contributed by atoms with Crippen LogP contribution < -0.4 is 5.73 Å². The molecule has 104 valence electrons. The zero-order chi connectivity index (χ0) is 14.2. The number of hydrogen-bond acceptors (Lipinski definition) is 3. The molecular formula is C16H19N3O. The quantitative estimate of drug-likeness (QED) is 0.866. The number of carbonyl (C=O) groups is 1. The second-order valence-corrected chi connectivity index (χ2v) is 4.63. The maximum absolute atomic E-state index is 12.3. The first-order valence-electron chi connectivity index (χ1n) is 6.70. The van der Waals surface area contributed by atoms with Crippen LogP contribution in [-0.2, 0) is 17.8 Å². The minimum Gasteiger partial charge on any atom is -0.337 e. The molecule has 2 aromatic rings. The van der Waals surface area contributed by atoms with Crippen molar-refractivity contribution in [3.63, 3.8) is 0 Å². The number of carbonyl (C=O) groups excluding carboxylic acids is 1. The third kappa shape index (κ3) is 4.17. The fraction of sp³-hybridized carbons (Fsp3) is 0.250. The van der Waals surface area contributed by atoms with Gasteiger partial charge in [-0.2, -0.15) is 0 Å². The molecule has 0 fully saturated rings. The van der Waals surface area contributed by atoms with Gasteiger partial charge in [0, 0.05) is 32.0 Å². The van der Waals surface area contributed by atoms with E-state index in [-0.39, 0.29) is 5.91 Å². The lowest BCUT2D eigenvalue weighted by Crippen LogP contribution is -2.35. The molecule has 0 saturated carbocycles. The summed E-state index contributed by atoms with van der Waals surface area (Å²) >= 11 is 0. The van der Waals surface area contributed by atoms with Gasteiger partial charge in [0.25, 0.3) is 0 Å². The Morgan fingerprint density at radius 2 is 1.85 bits per heavy atom. The Bertz CT molecular complexity index is 528. The highest BCUT2D eigenvalue weighted by Gasteiger charge is 2.13. The number of aromatic nitrogens is 1. The number of nitrogens with two attached hydrogens (primary N) is 1. The highest BCUT2D eigenvalue weighted by Crippen LogP contribution is 2.07. The van der Waals surface area contributed by atoms with Crippen LogP contribution >= 0.6 is 0 Å². The smallest absolute Gasteiger partial charge is 0.227 e. The lowest BCUT2D eigenvalue weighted by atomic mass is 10.1. The van der Waals surface area contributed by atoms with E-state index in [1.54, 1.807) is 17.3 Å². The molecule has 4 nitrogen and oxygen atoms in total. The van der Waals surface area contributed by atoms with Crippen LogP contribution in [-0.4, -0.2) is 28.9 Å². The largest absolute Gasteiger partial charge is 0.337 e. The molecule has 20 heavy (non-hydrogen) atoms. The molecule has 1 heterocycles. The second kappa shape index (κ2) is 7.40. The minimum atomic E-state index is 0.0762. The van der Waals surface area contributed by atoms with Crippen LogP contribution in [0.5, 0.6) is 0 Å². The molecule has 1 aromatic heterocycles. The molecule has 0 saturated heterocycles. The van der Waals surface area contributed by atoms with E-state index in [0.717, 1.165) is 11.1 Å². The van der Waals surface area contributed by atoms with Crippen molar-refractivity contribution in [1.82, 2.24) is 9.88 Å². The number of benzene rings is 1. The summed E-state index contributed by atoms with van der Waals surface area (Å²) in [6, 6.07) is 13.7. The van der Waals surface area contributed by atoms with Gasteiger partial charge < -0.3 is 10.6 Å². The number of pyridine rings is 1. The van der Waals surface area contributed by atoms with E-state index in [4.69, 9.17) is 5.73 Å². The van der Waals surface area contributed by atoms with E-state index < -0.39 is 0 Å². The van der Waals surface area contributed by atoms with Gasteiger partial charge in [-0.1, -0.05) is 36.4 Å². The second-order valence-electron chi connectivity index (χ2n) is 4.63. The fourth-order valence-electron chi connectivity index (χ4n) is 2.04. The molecule has 0 atom stereocenters. The zero-order valence-corrected chi connectivity index (χ0v) is 11.4. The number of nitrogens with zero attached hydrogens (tertiary/aromatic N) is 2. The molecule has 1 aromatic carbocycles. The molecule has 2 rings (SSSR count). The van der Waals surface area contributed by atoms with Crippen LogP contribution in [0.15, 0.2) is 54.9 Å². The van der Waals surface area contributed by atoms with Crippen LogP contribution in [0.1, 0.15) is 11.1 Å². The van der Waals surface area contributed by atoms with Crippen molar-refractivity contribution in [3.8, 4) is 0 Å². The van der Waals surface area contributed by atoms with Crippen LogP contribution in [0.3, 0.4) is 0 Å². The van der Waals surface area contributed by atoms with Crippen molar-refractivity contribution in [3.05, 3.63) is 66.0 Å². The first-order valence-corrected chi connectivity index (χ1v) is 6.70. The minimum absolute atomic E-state index is 0.0762. The molecule has 1 amide bonds. The maximum Gasteiger partial charge on any atom is 0.227 e. The summed E-state index contributed by atoms with van der Waals surface area (Å²) in [6.45, 7) is 1.62. The summed E-state index contributed by atoms with van der Waals surface area (Å²) in [7, 11) is 0. The number of amides is 1. The Morgan fingerprint density at radius 3 is 2.50 bits per heavy atom. The zero-order valence-electron chi connectivity index (χ0n) is 11.4. The van der Waals surface area contributed by atoms with Gasteiger partial charge in [-0.15, -0.1) is 0 Å². The predicted octanol–water partition coefficient (Wildman–Crippen LogP) is 1.61. The van der Waals surface area contributed by atoms with E-state index >= 15 is 0 Å². The van der Waals surface area contributed by atoms with Crippen molar-refractivity contribution in [2.45, 2.75) is 13.0 Å². The normalized spacial score (nSPS) is 10.2. The van der Waals surface area contributed by atoms with Gasteiger partial charge in [-0.05, 0) is 17.2 Å². The van der Waals surface area contributed by atoms with Gasteiger partial charge in [0.1, 0.15) is 0 Å². The highest BCUT2D eigenvalue weighted by molar-refractivity contribution is 5.78. The van der Waals surface area contributed by atoms with Crippen LogP contribution in [0.25, 0.3) is 0 Å². The summed E-state index contributed by atoms with van der Waals surface area (Å²) in [5, 5.41) is 0. The third-order valence-electron chi connectivity index (χ3n) is 3.05. The number of hydrogen-bond donors (Lipinski definition) is 1. The topological polar surface area (TPSA) is 59.2 Å². The Balaban J connectivity index is 2.02. The van der Waals surface area contributed by atoms with Crippen molar-refractivity contribution in [2.24, 2.45) is 5.73 Å². The first kappa shape index (κ1) is 14.2. The summed E-state index contributed by atoms with van der Waals surface area (Å²) in [5.41, 5.74) is 7.64. The number of rotatable bonds is 6. The molecular weight excluding hydrogens is 250 g/mol. The van der Waals surface area contributed by atoms with Gasteiger partial charge in [0.2, 0.25) is 5.91 Å². The molecule has 0 aliphatic carbocycles. The average Bonchev–Trinajstić information content (AvgIpc) is 2.49.